The third kappa shape index (κ3) is 2.57. The lowest BCUT2D eigenvalue weighted by Crippen LogP contribution is -2.03. The Labute approximate surface area is 111 Å². The van der Waals surface area contributed by atoms with E-state index in [1.165, 1.54) is 0 Å². The second kappa shape index (κ2) is 5.51. The number of anilines is 1. The second-order valence-electron chi connectivity index (χ2n) is 3.88. The molecular weight excluding hydrogens is 244 g/mol. The molecular formula is C13H16N4O2. The maximum Gasteiger partial charge on any atom is 0.161 e. The molecule has 1 heterocycles. The molecule has 1 aromatic heterocycles. The highest BCUT2D eigenvalue weighted by Gasteiger charge is 2.12. The van der Waals surface area contributed by atoms with Gasteiger partial charge in [0.2, 0.25) is 0 Å². The van der Waals surface area contributed by atoms with Gasteiger partial charge in [-0.3, -0.25) is 0 Å². The van der Waals surface area contributed by atoms with Crippen LogP contribution in [0.25, 0.3) is 11.3 Å². The fraction of sp³-hybridized carbons (Fsp3) is 0.308. The molecule has 1 N–H and O–H groups in total. The molecule has 0 fully saturated rings. The molecule has 6 nitrogen and oxygen atoms in total. The van der Waals surface area contributed by atoms with Crippen LogP contribution in [0.1, 0.15) is 5.82 Å². The van der Waals surface area contributed by atoms with Gasteiger partial charge in [-0.1, -0.05) is 0 Å². The third-order valence-electron chi connectivity index (χ3n) is 2.69. The van der Waals surface area contributed by atoms with E-state index < -0.39 is 0 Å². The lowest BCUT2D eigenvalue weighted by atomic mass is 10.1. The maximum atomic E-state index is 5.28. The molecule has 1 aromatic carbocycles. The summed E-state index contributed by atoms with van der Waals surface area (Å²) >= 11 is 0. The Morgan fingerprint density at radius 3 is 2.42 bits per heavy atom. The number of hydrogen-bond acceptors (Lipinski definition) is 6. The van der Waals surface area contributed by atoms with Gasteiger partial charge >= 0.3 is 0 Å². The quantitative estimate of drug-likeness (QED) is 0.905. The Bertz CT molecular complexity index is 587. The number of aromatic nitrogens is 3. The van der Waals surface area contributed by atoms with Crippen LogP contribution in [0.3, 0.4) is 0 Å². The van der Waals surface area contributed by atoms with E-state index in [2.05, 4.69) is 20.5 Å². The van der Waals surface area contributed by atoms with Crippen LogP contribution in [0.5, 0.6) is 11.5 Å². The number of hydrogen-bond donors (Lipinski definition) is 1. The highest BCUT2D eigenvalue weighted by atomic mass is 16.5. The van der Waals surface area contributed by atoms with E-state index in [1.807, 2.05) is 18.2 Å². The van der Waals surface area contributed by atoms with Crippen LogP contribution >= 0.6 is 0 Å². The van der Waals surface area contributed by atoms with Crippen LogP contribution in [0.2, 0.25) is 0 Å². The van der Waals surface area contributed by atoms with E-state index in [-0.39, 0.29) is 0 Å². The molecule has 0 atom stereocenters. The third-order valence-corrected chi connectivity index (χ3v) is 2.69. The van der Waals surface area contributed by atoms with Gasteiger partial charge < -0.3 is 14.8 Å². The summed E-state index contributed by atoms with van der Waals surface area (Å²) in [6.45, 7) is 1.80. The number of nitrogens with zero attached hydrogens (tertiary/aromatic N) is 3. The number of nitrogens with one attached hydrogen (secondary N) is 1. The molecule has 0 spiro atoms. The van der Waals surface area contributed by atoms with Gasteiger partial charge in [0, 0.05) is 12.6 Å². The average molecular weight is 260 g/mol. The van der Waals surface area contributed by atoms with Crippen molar-refractivity contribution in [1.82, 2.24) is 15.2 Å². The van der Waals surface area contributed by atoms with Crippen molar-refractivity contribution in [2.45, 2.75) is 6.92 Å². The van der Waals surface area contributed by atoms with Gasteiger partial charge in [0.1, 0.15) is 11.5 Å². The Morgan fingerprint density at radius 1 is 1.05 bits per heavy atom. The van der Waals surface area contributed by atoms with Crippen LogP contribution < -0.4 is 14.8 Å². The summed E-state index contributed by atoms with van der Waals surface area (Å²) in [7, 11) is 5.00. The summed E-state index contributed by atoms with van der Waals surface area (Å²) in [5.74, 6) is 2.61. The molecule has 0 saturated heterocycles. The molecule has 100 valence electrons. The van der Waals surface area contributed by atoms with Crippen molar-refractivity contribution in [3.05, 3.63) is 24.0 Å². The topological polar surface area (TPSA) is 69.2 Å². The van der Waals surface area contributed by atoms with E-state index in [9.17, 15) is 0 Å². The molecule has 0 bridgehead atoms. The van der Waals surface area contributed by atoms with Gasteiger partial charge in [-0.05, 0) is 25.1 Å². The van der Waals surface area contributed by atoms with Crippen molar-refractivity contribution in [3.63, 3.8) is 0 Å². The minimum Gasteiger partial charge on any atom is -0.493 e. The minimum absolute atomic E-state index is 0.619. The van der Waals surface area contributed by atoms with E-state index in [4.69, 9.17) is 9.47 Å². The Kier molecular flexibility index (Phi) is 3.79. The first-order chi connectivity index (χ1) is 9.19. The van der Waals surface area contributed by atoms with Crippen molar-refractivity contribution in [2.75, 3.05) is 26.6 Å². The van der Waals surface area contributed by atoms with Gasteiger partial charge in [-0.2, -0.15) is 0 Å². The molecule has 0 saturated carbocycles. The number of methoxy groups -OCH3 is 2. The van der Waals surface area contributed by atoms with Gasteiger partial charge in [0.15, 0.2) is 17.3 Å². The second-order valence-corrected chi connectivity index (χ2v) is 3.88. The summed E-state index contributed by atoms with van der Waals surface area (Å²) in [6.07, 6.45) is 0. The van der Waals surface area contributed by atoms with E-state index in [0.717, 1.165) is 5.56 Å². The van der Waals surface area contributed by atoms with Crippen LogP contribution in [0.15, 0.2) is 18.2 Å². The van der Waals surface area contributed by atoms with E-state index in [0.29, 0.717) is 28.8 Å². The van der Waals surface area contributed by atoms with Gasteiger partial charge in [-0.25, -0.2) is 4.98 Å². The van der Waals surface area contributed by atoms with Gasteiger partial charge in [-0.15, -0.1) is 10.2 Å². The van der Waals surface area contributed by atoms with Crippen LogP contribution in [0, 0.1) is 6.92 Å². The normalized spacial score (nSPS) is 10.1. The molecule has 2 aromatic rings. The Balaban J connectivity index is 2.53. The highest BCUT2D eigenvalue weighted by molar-refractivity contribution is 5.72. The molecule has 0 amide bonds. The first kappa shape index (κ1) is 13.1. The first-order valence-corrected chi connectivity index (χ1v) is 5.81. The summed E-state index contributed by atoms with van der Waals surface area (Å²) in [5, 5.41) is 11.2. The molecule has 0 aliphatic carbocycles. The zero-order valence-corrected chi connectivity index (χ0v) is 11.4. The van der Waals surface area contributed by atoms with Crippen molar-refractivity contribution in [2.24, 2.45) is 0 Å². The van der Waals surface area contributed by atoms with E-state index in [1.54, 1.807) is 28.2 Å². The lowest BCUT2D eigenvalue weighted by molar-refractivity contribution is 0.355. The molecule has 6 heteroatoms. The summed E-state index contributed by atoms with van der Waals surface area (Å²) in [5.41, 5.74) is 1.54. The number of rotatable bonds is 4. The zero-order valence-electron chi connectivity index (χ0n) is 11.4. The minimum atomic E-state index is 0.619. The average Bonchev–Trinajstić information content (AvgIpc) is 2.46. The molecule has 0 aliphatic heterocycles. The zero-order chi connectivity index (χ0) is 13.8. The molecule has 2 rings (SSSR count). The van der Waals surface area contributed by atoms with Gasteiger partial charge in [0.25, 0.3) is 0 Å². The first-order valence-electron chi connectivity index (χ1n) is 5.81. The largest absolute Gasteiger partial charge is 0.493 e. The molecule has 0 unspecified atom stereocenters. The van der Waals surface area contributed by atoms with Crippen molar-refractivity contribution < 1.29 is 9.47 Å². The van der Waals surface area contributed by atoms with E-state index >= 15 is 0 Å². The summed E-state index contributed by atoms with van der Waals surface area (Å²) < 4.78 is 10.5. The highest BCUT2D eigenvalue weighted by Crippen LogP contribution is 2.33. The van der Waals surface area contributed by atoms with Crippen molar-refractivity contribution in [3.8, 4) is 22.8 Å². The van der Waals surface area contributed by atoms with Crippen LogP contribution in [-0.2, 0) is 0 Å². The van der Waals surface area contributed by atoms with Crippen molar-refractivity contribution in [1.29, 1.82) is 0 Å². The molecule has 0 radical (unpaired) electrons. The summed E-state index contributed by atoms with van der Waals surface area (Å²) in [6, 6.07) is 5.57. The Morgan fingerprint density at radius 2 is 1.79 bits per heavy atom. The molecule has 0 aliphatic rings. The fourth-order valence-corrected chi connectivity index (χ4v) is 1.76. The number of aryl methyl sites for hydroxylation is 1. The van der Waals surface area contributed by atoms with Gasteiger partial charge in [0.05, 0.1) is 14.2 Å². The number of ether oxygens (including phenoxy) is 2. The standard InChI is InChI=1S/C13H16N4O2/c1-8-15-13(14-2)12(17-16-8)9-5-6-10(18-3)11(7-9)19-4/h5-7H,1-4H3,(H,14,15,16). The van der Waals surface area contributed by atoms with Crippen LogP contribution in [-0.4, -0.2) is 36.4 Å². The van der Waals surface area contributed by atoms with Crippen molar-refractivity contribution >= 4 is 5.82 Å². The summed E-state index contributed by atoms with van der Waals surface area (Å²) in [4.78, 5) is 4.31. The number of benzene rings is 1. The molecule has 19 heavy (non-hydrogen) atoms. The predicted octanol–water partition coefficient (Wildman–Crippen LogP) is 1.91. The predicted molar refractivity (Wildman–Crippen MR) is 72.7 cm³/mol. The fourth-order valence-electron chi connectivity index (χ4n) is 1.76. The monoisotopic (exact) mass is 260 g/mol. The smallest absolute Gasteiger partial charge is 0.161 e. The van der Waals surface area contributed by atoms with Crippen LogP contribution in [0.4, 0.5) is 5.82 Å². The Hall–Kier alpha value is -2.37. The lowest BCUT2D eigenvalue weighted by Gasteiger charge is -2.11. The maximum absolute atomic E-state index is 5.28. The SMILES string of the molecule is CNc1nc(C)nnc1-c1ccc(OC)c(OC)c1.